The van der Waals surface area contributed by atoms with E-state index in [1.165, 1.54) is 0 Å². The van der Waals surface area contributed by atoms with Crippen LogP contribution in [0.4, 0.5) is 23.3 Å². The molecular weight excluding hydrogens is 1780 g/mol. The van der Waals surface area contributed by atoms with Gasteiger partial charge in [0.15, 0.2) is 0 Å². The lowest BCUT2D eigenvalue weighted by Gasteiger charge is -2.27. The minimum absolute atomic E-state index is 0.0626. The van der Waals surface area contributed by atoms with E-state index in [1.807, 2.05) is 131 Å². The fraction of sp³-hybridized carbons (Fsp3) is 0.375. The zero-order chi connectivity index (χ0) is 89.9. The number of benzene rings is 4. The molecule has 12 aromatic heterocycles. The molecule has 8 fully saturated rings. The lowest BCUT2D eigenvalue weighted by molar-refractivity contribution is -0.0218. The van der Waals surface area contributed by atoms with Crippen LogP contribution in [0.5, 0.6) is 0 Å². The third kappa shape index (κ3) is 14.6. The fourth-order valence-electron chi connectivity index (χ4n) is 22.9. The third-order valence-electron chi connectivity index (χ3n) is 30.1. The van der Waals surface area contributed by atoms with Crippen molar-refractivity contribution in [3.8, 4) is 0 Å². The molecule has 4 aliphatic heterocycles. The van der Waals surface area contributed by atoms with Crippen LogP contribution in [0.25, 0.3) is 87.7 Å². The van der Waals surface area contributed by atoms with Crippen molar-refractivity contribution in [2.75, 3.05) is 49.1 Å². The number of nitrogens with two attached hydrogens (primary N) is 4. The van der Waals surface area contributed by atoms with Gasteiger partial charge in [-0.2, -0.15) is 0 Å². The molecule has 32 nitrogen and oxygen atoms in total. The molecule has 0 bridgehead atoms. The summed E-state index contributed by atoms with van der Waals surface area (Å²) >= 11 is 6.87. The molecular formula is C96H102Br2N24O8. The minimum Gasteiger partial charge on any atom is -0.390 e. The predicted octanol–water partition coefficient (Wildman–Crippen LogP) is 10.6. The lowest BCUT2D eigenvalue weighted by Crippen LogP contribution is -2.38. The van der Waals surface area contributed by atoms with Gasteiger partial charge >= 0.3 is 0 Å². The van der Waals surface area contributed by atoms with E-state index in [-0.39, 0.29) is 48.3 Å². The molecule has 4 aromatic carbocycles. The number of nitrogen functional groups attached to an aromatic ring is 4. The Morgan fingerprint density at radius 2 is 0.554 bits per heavy atom. The average molecular weight is 1880 g/mol. The highest BCUT2D eigenvalue weighted by Gasteiger charge is 2.61. The molecule has 24 rings (SSSR count). The Kier molecular flexibility index (Phi) is 21.6. The number of hydrogen-bond acceptors (Lipinski definition) is 28. The quantitative estimate of drug-likeness (QED) is 0.0672. The number of aliphatic hydroxyl groups is 8. The van der Waals surface area contributed by atoms with Gasteiger partial charge in [0.1, 0.15) is 95.6 Å². The summed E-state index contributed by atoms with van der Waals surface area (Å²) in [6, 6.07) is 43.6. The van der Waals surface area contributed by atoms with E-state index in [1.54, 1.807) is 37.4 Å². The number of nitrogens with zero attached hydrogens (tertiary/aromatic N) is 16. The Morgan fingerprint density at radius 3 is 0.823 bits per heavy atom. The predicted molar refractivity (Wildman–Crippen MR) is 503 cm³/mol. The highest BCUT2D eigenvalue weighted by Crippen LogP contribution is 2.58. The number of aliphatic hydroxyl groups excluding tert-OH is 8. The molecule has 0 unspecified atom stereocenters. The maximum atomic E-state index is 11.2. The van der Waals surface area contributed by atoms with Crippen molar-refractivity contribution in [1.82, 2.24) is 99.3 Å². The zero-order valence-electron chi connectivity index (χ0n) is 71.8. The first-order chi connectivity index (χ1) is 62.6. The van der Waals surface area contributed by atoms with Crippen molar-refractivity contribution >= 4 is 143 Å². The van der Waals surface area contributed by atoms with E-state index in [0.717, 1.165) is 167 Å². The molecule has 20 atom stereocenters. The van der Waals surface area contributed by atoms with Gasteiger partial charge in [-0.3, -0.25) is 0 Å². The van der Waals surface area contributed by atoms with Crippen LogP contribution in [0.3, 0.4) is 0 Å². The van der Waals surface area contributed by atoms with Crippen molar-refractivity contribution in [3.63, 3.8) is 0 Å². The summed E-state index contributed by atoms with van der Waals surface area (Å²) in [5, 5.41) is 111. The largest absolute Gasteiger partial charge is 0.390 e. The van der Waals surface area contributed by atoms with Gasteiger partial charge in [-0.05, 0) is 218 Å². The van der Waals surface area contributed by atoms with Crippen LogP contribution in [0, 0.1) is 49.4 Å². The molecule has 20 N–H and O–H groups in total. The molecule has 34 heteroatoms. The smallest absolute Gasteiger partial charge is 0.143 e. The first kappa shape index (κ1) is 85.5. The Balaban J connectivity index is 0.000000105. The van der Waals surface area contributed by atoms with Crippen LogP contribution < -0.4 is 44.2 Å². The normalized spacial score (nSPS) is 29.8. The van der Waals surface area contributed by atoms with Crippen LogP contribution in [-0.2, 0) is 0 Å². The number of pyridine rings is 4. The van der Waals surface area contributed by atoms with Gasteiger partial charge < -0.3 is 103 Å². The van der Waals surface area contributed by atoms with E-state index in [9.17, 15) is 40.9 Å². The SMILES string of the molecule is Cc1ncnc2c1ccn2[C@@H]1C[C@@]2(CN[C@@H](c3ccc4cc(Br)c(N)nc4c3)C2)[C@@H](O)[C@H]1O.Cc1ncnc2c1ccn2[C@@H]1C[C@@]2(CN[C@@H](c3ccc4ccc(N)nc4c3)C2)[C@@H](O)[C@H]1O.Cc1ncnc2c1ccn2[C@@H]1C[C@@]2(CN[C@H](c3ccc4cc(Br)c(N)nc4c3)C2)[C@@H](O)[C@H]1O.Cc1ncnc2c1ccn2[C@@H]1C[C@@]2(CN[C@H](c3ccc4ccc(N)nc4c3)C2)[C@@H](O)[C@H]1O. The highest BCUT2D eigenvalue weighted by atomic mass is 79.9. The van der Waals surface area contributed by atoms with E-state index in [0.29, 0.717) is 75.1 Å². The summed E-state index contributed by atoms with van der Waals surface area (Å²) in [6.45, 7) is 10.4. The van der Waals surface area contributed by atoms with Crippen LogP contribution in [-0.4, -0.2) is 194 Å². The number of hydrogen-bond donors (Lipinski definition) is 16. The van der Waals surface area contributed by atoms with Crippen LogP contribution in [0.1, 0.15) is 145 Å². The molecule has 16 heterocycles. The van der Waals surface area contributed by atoms with E-state index in [2.05, 4.69) is 174 Å². The monoisotopic (exact) mass is 1880 g/mol. The summed E-state index contributed by atoms with van der Waals surface area (Å²) in [6.07, 6.45) is 12.8. The van der Waals surface area contributed by atoms with Gasteiger partial charge in [0.05, 0.1) is 102 Å². The topological polar surface area (TPSA) is 488 Å². The summed E-state index contributed by atoms with van der Waals surface area (Å²) in [5.74, 6) is 1.93. The molecule has 4 aliphatic carbocycles. The summed E-state index contributed by atoms with van der Waals surface area (Å²) in [5.41, 5.74) is 36.7. The molecule has 4 saturated carbocycles. The average Bonchev–Trinajstić information content (AvgIpc) is 1.59. The molecule has 0 amide bonds. The number of nitrogens with one attached hydrogen (secondary N) is 4. The first-order valence-electron chi connectivity index (χ1n) is 44.2. The third-order valence-corrected chi connectivity index (χ3v) is 31.4. The van der Waals surface area contributed by atoms with Crippen LogP contribution >= 0.6 is 31.9 Å². The van der Waals surface area contributed by atoms with Crippen molar-refractivity contribution in [2.24, 2.45) is 21.7 Å². The molecule has 4 spiro atoms. The summed E-state index contributed by atoms with van der Waals surface area (Å²) in [4.78, 5) is 52.8. The number of aryl methyl sites for hydroxylation is 4. The number of anilines is 4. The first-order valence-corrected chi connectivity index (χ1v) is 45.8. The van der Waals surface area contributed by atoms with E-state index >= 15 is 0 Å². The Morgan fingerprint density at radius 1 is 0.308 bits per heavy atom. The summed E-state index contributed by atoms with van der Waals surface area (Å²) in [7, 11) is 0. The van der Waals surface area contributed by atoms with Crippen molar-refractivity contribution in [2.45, 2.75) is 176 Å². The standard InChI is InChI=1S/2C24H25BrN6O2.2C24H26N6O2/c2*1-12-15-4-5-31(23(15)29-11-28-12)19-9-24(21(33)20(19)32)8-18(27-10-24)14-3-2-13-6-16(25)22(26)30-17(13)7-14;2*1-13-16-6-7-30(23(16)28-12-27-13)19-10-24(22(32)21(19)31)9-18(26-11-24)15-3-2-14-4-5-20(25)29-17(14)8-15/h2*2-7,11,18-21,27,32-33H,8-10H2,1H3,(H2,26,30);2*2-8,12,18-19,21-22,26,31-32H,9-11H2,1H3,(H2,25,29)/t18-,19+,20-,21-,24-;18-,19-,20+,21+,24+;18-,19+,21-,22-,24-;18-,19-,21+,22+,24+/m0101/s1. The second-order valence-corrected chi connectivity index (χ2v) is 39.2. The molecule has 16 aromatic rings. The van der Waals surface area contributed by atoms with Gasteiger partial charge in [0, 0.05) is 140 Å². The number of halogens is 2. The zero-order valence-corrected chi connectivity index (χ0v) is 75.0. The van der Waals surface area contributed by atoms with Gasteiger partial charge in [-0.1, -0.05) is 48.5 Å². The number of rotatable bonds is 8. The van der Waals surface area contributed by atoms with Crippen LogP contribution in [0.15, 0.2) is 193 Å². The second kappa shape index (κ2) is 32.9. The van der Waals surface area contributed by atoms with Crippen molar-refractivity contribution in [1.29, 1.82) is 0 Å². The summed E-state index contributed by atoms with van der Waals surface area (Å²) < 4.78 is 9.58. The van der Waals surface area contributed by atoms with Gasteiger partial charge in [-0.25, -0.2) is 59.8 Å². The van der Waals surface area contributed by atoms with Crippen molar-refractivity contribution in [3.05, 3.63) is 238 Å². The van der Waals surface area contributed by atoms with Crippen LogP contribution in [0.2, 0.25) is 0 Å². The van der Waals surface area contributed by atoms with Crippen molar-refractivity contribution < 1.29 is 40.9 Å². The second-order valence-electron chi connectivity index (χ2n) is 37.5. The number of fused-ring (bicyclic) bond motifs is 8. The molecule has 668 valence electrons. The van der Waals surface area contributed by atoms with E-state index in [4.69, 9.17) is 22.9 Å². The van der Waals surface area contributed by atoms with Gasteiger partial charge in [0.2, 0.25) is 0 Å². The Bertz CT molecular complexity index is 6710. The molecule has 4 saturated heterocycles. The lowest BCUT2D eigenvalue weighted by atomic mass is 9.80. The number of aromatic nitrogens is 16. The molecule has 0 radical (unpaired) electrons. The Hall–Kier alpha value is -11.3. The van der Waals surface area contributed by atoms with Gasteiger partial charge in [-0.15, -0.1) is 0 Å². The highest BCUT2D eigenvalue weighted by molar-refractivity contribution is 9.11. The van der Waals surface area contributed by atoms with Gasteiger partial charge in [0.25, 0.3) is 0 Å². The Labute approximate surface area is 762 Å². The van der Waals surface area contributed by atoms with E-state index < -0.39 is 70.5 Å². The minimum atomic E-state index is -0.869. The maximum absolute atomic E-state index is 11.2. The fourth-order valence-corrected chi connectivity index (χ4v) is 23.6. The molecule has 130 heavy (non-hydrogen) atoms. The molecule has 8 aliphatic rings. The maximum Gasteiger partial charge on any atom is 0.143 e.